The Bertz CT molecular complexity index is 1050. The Morgan fingerprint density at radius 2 is 1.88 bits per heavy atom. The second-order valence-corrected chi connectivity index (χ2v) is 8.48. The Labute approximate surface area is 144 Å². The number of thiophene rings is 1. The largest absolute Gasteiger partial charge is 0.276 e. The van der Waals surface area contributed by atoms with Crippen LogP contribution in [0.4, 0.5) is 0 Å². The summed E-state index contributed by atoms with van der Waals surface area (Å²) in [4.78, 5) is 2.62. The van der Waals surface area contributed by atoms with E-state index in [1.54, 1.807) is 35.6 Å². The van der Waals surface area contributed by atoms with E-state index in [0.29, 0.717) is 0 Å². The third-order valence-electron chi connectivity index (χ3n) is 4.25. The van der Waals surface area contributed by atoms with Crippen molar-refractivity contribution in [2.75, 3.05) is 0 Å². The second-order valence-electron chi connectivity index (χ2n) is 5.91. The summed E-state index contributed by atoms with van der Waals surface area (Å²) < 4.78 is 26.0. The summed E-state index contributed by atoms with van der Waals surface area (Å²) in [6.07, 6.45) is 1.63. The molecular formula is C18H16N2O2S2. The Balaban J connectivity index is 1.69. The minimum atomic E-state index is -3.64. The van der Waals surface area contributed by atoms with Gasteiger partial charge in [0.25, 0.3) is 10.0 Å². The van der Waals surface area contributed by atoms with Crippen LogP contribution in [-0.2, 0) is 16.4 Å². The van der Waals surface area contributed by atoms with E-state index in [9.17, 15) is 8.42 Å². The van der Waals surface area contributed by atoms with Crippen molar-refractivity contribution >= 4 is 37.2 Å². The van der Waals surface area contributed by atoms with Crippen molar-refractivity contribution in [2.24, 2.45) is 5.10 Å². The molecule has 0 unspecified atom stereocenters. The highest BCUT2D eigenvalue weighted by atomic mass is 32.2. The molecule has 3 aromatic rings. The maximum absolute atomic E-state index is 12.4. The zero-order valence-corrected chi connectivity index (χ0v) is 14.7. The maximum Gasteiger partial charge on any atom is 0.276 e. The lowest BCUT2D eigenvalue weighted by Crippen LogP contribution is -2.22. The standard InChI is InChI=1S/C18H16N2O2S2/c1-12-5-8-14(9-6-12)24(21,22)20-19-16-10-7-13-11-23-17-4-2-3-15(16)18(13)17/h2-6,8-9,11,20H,7,10H2,1H3/b19-16-. The molecule has 4 nitrogen and oxygen atoms in total. The lowest BCUT2D eigenvalue weighted by Gasteiger charge is -2.15. The minimum absolute atomic E-state index is 0.225. The molecule has 1 heterocycles. The Hall–Kier alpha value is -2.18. The average molecular weight is 356 g/mol. The van der Waals surface area contributed by atoms with Gasteiger partial charge in [-0.2, -0.15) is 18.4 Å². The second kappa shape index (κ2) is 5.72. The van der Waals surface area contributed by atoms with Crippen molar-refractivity contribution in [3.05, 3.63) is 64.5 Å². The minimum Gasteiger partial charge on any atom is -0.200 e. The molecular weight excluding hydrogens is 340 g/mol. The van der Waals surface area contributed by atoms with Gasteiger partial charge in [0, 0.05) is 15.6 Å². The highest BCUT2D eigenvalue weighted by molar-refractivity contribution is 7.89. The summed E-state index contributed by atoms with van der Waals surface area (Å²) in [5.41, 5.74) is 4.17. The summed E-state index contributed by atoms with van der Waals surface area (Å²) in [6.45, 7) is 1.92. The van der Waals surface area contributed by atoms with Crippen LogP contribution >= 0.6 is 11.3 Å². The number of nitrogens with one attached hydrogen (secondary N) is 1. The topological polar surface area (TPSA) is 58.5 Å². The van der Waals surface area contributed by atoms with Gasteiger partial charge in [-0.3, -0.25) is 0 Å². The van der Waals surface area contributed by atoms with E-state index in [1.807, 2.05) is 19.1 Å². The van der Waals surface area contributed by atoms with Gasteiger partial charge in [0.1, 0.15) is 0 Å². The fourth-order valence-corrected chi connectivity index (χ4v) is 4.82. The fourth-order valence-electron chi connectivity index (χ4n) is 2.97. The first-order valence-electron chi connectivity index (χ1n) is 7.69. The molecule has 0 bridgehead atoms. The zero-order valence-electron chi connectivity index (χ0n) is 13.1. The molecule has 0 saturated carbocycles. The van der Waals surface area contributed by atoms with Crippen LogP contribution in [-0.4, -0.2) is 14.1 Å². The van der Waals surface area contributed by atoms with E-state index in [4.69, 9.17) is 0 Å². The molecule has 2 aromatic carbocycles. The van der Waals surface area contributed by atoms with Crippen LogP contribution in [0.2, 0.25) is 0 Å². The van der Waals surface area contributed by atoms with E-state index >= 15 is 0 Å². The molecule has 0 fully saturated rings. The predicted octanol–water partition coefficient (Wildman–Crippen LogP) is 3.84. The fraction of sp³-hybridized carbons (Fsp3) is 0.167. The van der Waals surface area contributed by atoms with Crippen molar-refractivity contribution in [3.63, 3.8) is 0 Å². The van der Waals surface area contributed by atoms with Gasteiger partial charge in [0.05, 0.1) is 10.6 Å². The van der Waals surface area contributed by atoms with Gasteiger partial charge in [-0.1, -0.05) is 29.8 Å². The summed E-state index contributed by atoms with van der Waals surface area (Å²) in [5.74, 6) is 0. The smallest absolute Gasteiger partial charge is 0.200 e. The third-order valence-corrected chi connectivity index (χ3v) is 6.47. The molecule has 0 aliphatic heterocycles. The number of hydrogen-bond acceptors (Lipinski definition) is 4. The van der Waals surface area contributed by atoms with Gasteiger partial charge in [-0.15, -0.1) is 11.3 Å². The normalized spacial score (nSPS) is 15.8. The van der Waals surface area contributed by atoms with Crippen LogP contribution in [0.5, 0.6) is 0 Å². The van der Waals surface area contributed by atoms with Gasteiger partial charge in [-0.05, 0) is 48.9 Å². The summed E-state index contributed by atoms with van der Waals surface area (Å²) in [7, 11) is -3.64. The highest BCUT2D eigenvalue weighted by Crippen LogP contribution is 2.34. The zero-order chi connectivity index (χ0) is 16.7. The third kappa shape index (κ3) is 2.61. The number of aryl methyl sites for hydroxylation is 2. The SMILES string of the molecule is Cc1ccc(S(=O)(=O)N/N=C2/CCc3csc4cccc2c34)cc1. The first-order chi connectivity index (χ1) is 11.5. The van der Waals surface area contributed by atoms with Gasteiger partial charge in [-0.25, -0.2) is 0 Å². The Morgan fingerprint density at radius 3 is 2.67 bits per heavy atom. The van der Waals surface area contributed by atoms with Gasteiger partial charge in [0.2, 0.25) is 0 Å². The highest BCUT2D eigenvalue weighted by Gasteiger charge is 2.20. The van der Waals surface area contributed by atoms with Gasteiger partial charge >= 0.3 is 0 Å². The van der Waals surface area contributed by atoms with E-state index in [1.165, 1.54) is 15.6 Å². The van der Waals surface area contributed by atoms with Crippen molar-refractivity contribution in [1.82, 2.24) is 4.83 Å². The molecule has 1 aliphatic carbocycles. The lowest BCUT2D eigenvalue weighted by molar-refractivity contribution is 0.584. The molecule has 4 rings (SSSR count). The van der Waals surface area contributed by atoms with Crippen LogP contribution in [0.1, 0.15) is 23.1 Å². The van der Waals surface area contributed by atoms with E-state index in [0.717, 1.165) is 29.7 Å². The molecule has 1 aromatic heterocycles. The molecule has 0 radical (unpaired) electrons. The number of hydrogen-bond donors (Lipinski definition) is 1. The first-order valence-corrected chi connectivity index (χ1v) is 10.1. The van der Waals surface area contributed by atoms with E-state index in [2.05, 4.69) is 21.4 Å². The molecule has 1 aliphatic rings. The first kappa shape index (κ1) is 15.4. The van der Waals surface area contributed by atoms with Crippen LogP contribution in [0, 0.1) is 6.92 Å². The van der Waals surface area contributed by atoms with Crippen molar-refractivity contribution in [3.8, 4) is 0 Å². The lowest BCUT2D eigenvalue weighted by atomic mass is 9.91. The molecule has 0 atom stereocenters. The summed E-state index contributed by atoms with van der Waals surface area (Å²) in [5, 5.41) is 7.63. The van der Waals surface area contributed by atoms with Crippen LogP contribution in [0.3, 0.4) is 0 Å². The average Bonchev–Trinajstić information content (AvgIpc) is 3.00. The van der Waals surface area contributed by atoms with Crippen LogP contribution in [0.15, 0.2) is 57.8 Å². The van der Waals surface area contributed by atoms with Crippen molar-refractivity contribution in [2.45, 2.75) is 24.7 Å². The molecule has 1 N–H and O–H groups in total. The molecule has 122 valence electrons. The molecule has 24 heavy (non-hydrogen) atoms. The Kier molecular flexibility index (Phi) is 3.66. The van der Waals surface area contributed by atoms with Crippen molar-refractivity contribution in [1.29, 1.82) is 0 Å². The Morgan fingerprint density at radius 1 is 1.08 bits per heavy atom. The molecule has 0 amide bonds. The molecule has 0 spiro atoms. The number of nitrogens with zero attached hydrogens (tertiary/aromatic N) is 1. The monoisotopic (exact) mass is 356 g/mol. The number of rotatable bonds is 3. The van der Waals surface area contributed by atoms with Crippen molar-refractivity contribution < 1.29 is 8.42 Å². The van der Waals surface area contributed by atoms with Gasteiger partial charge < -0.3 is 0 Å². The van der Waals surface area contributed by atoms with E-state index in [-0.39, 0.29) is 4.90 Å². The predicted molar refractivity (Wildman–Crippen MR) is 98.2 cm³/mol. The number of hydrazone groups is 1. The van der Waals surface area contributed by atoms with Crippen LogP contribution < -0.4 is 4.83 Å². The summed E-state index contributed by atoms with van der Waals surface area (Å²) >= 11 is 1.72. The van der Waals surface area contributed by atoms with E-state index < -0.39 is 10.0 Å². The quantitative estimate of drug-likeness (QED) is 0.725. The number of benzene rings is 2. The molecule has 0 saturated heterocycles. The number of sulfonamides is 1. The maximum atomic E-state index is 12.4. The van der Waals surface area contributed by atoms with Gasteiger partial charge in [0.15, 0.2) is 0 Å². The summed E-state index contributed by atoms with van der Waals surface area (Å²) in [6, 6.07) is 12.8. The van der Waals surface area contributed by atoms with Crippen LogP contribution in [0.25, 0.3) is 10.1 Å². The molecule has 6 heteroatoms.